The fraction of sp³-hybridized carbons (Fsp3) is 0.105. The number of anilines is 1. The summed E-state index contributed by atoms with van der Waals surface area (Å²) in [6.07, 6.45) is 0. The monoisotopic (exact) mass is 381 g/mol. The van der Waals surface area contributed by atoms with Gasteiger partial charge in [-0.15, -0.1) is 11.3 Å². The highest BCUT2D eigenvalue weighted by Gasteiger charge is 2.11. The van der Waals surface area contributed by atoms with Crippen LogP contribution in [-0.4, -0.2) is 21.8 Å². The van der Waals surface area contributed by atoms with Crippen LogP contribution < -0.4 is 5.32 Å². The minimum absolute atomic E-state index is 0.152. The molecular formula is C19H15N3O2S2. The average Bonchev–Trinajstić information content (AvgIpc) is 3.27. The van der Waals surface area contributed by atoms with E-state index in [1.54, 1.807) is 17.4 Å². The van der Waals surface area contributed by atoms with Crippen LogP contribution in [0.15, 0.2) is 63.5 Å². The lowest BCUT2D eigenvalue weighted by Crippen LogP contribution is -2.13. The Bertz CT molecular complexity index is 1020. The van der Waals surface area contributed by atoms with E-state index >= 15 is 0 Å². The van der Waals surface area contributed by atoms with Crippen LogP contribution in [-0.2, 0) is 4.79 Å². The Kier molecular flexibility index (Phi) is 4.73. The van der Waals surface area contributed by atoms with Crippen molar-refractivity contribution < 1.29 is 9.32 Å². The number of rotatable bonds is 5. The number of hydrogen-bond donors (Lipinski definition) is 1. The third-order valence-electron chi connectivity index (χ3n) is 3.72. The summed E-state index contributed by atoms with van der Waals surface area (Å²) in [4.78, 5) is 16.7. The lowest BCUT2D eigenvalue weighted by molar-refractivity contribution is -0.113. The first-order chi connectivity index (χ1) is 12.7. The Morgan fingerprint density at radius 1 is 1.19 bits per heavy atom. The van der Waals surface area contributed by atoms with Gasteiger partial charge in [-0.25, -0.2) is 4.98 Å². The molecule has 130 valence electrons. The molecule has 26 heavy (non-hydrogen) atoms. The van der Waals surface area contributed by atoms with Gasteiger partial charge in [0.1, 0.15) is 5.69 Å². The van der Waals surface area contributed by atoms with Gasteiger partial charge in [-0.2, -0.15) is 0 Å². The molecule has 4 rings (SSSR count). The van der Waals surface area contributed by atoms with Crippen LogP contribution in [0.4, 0.5) is 5.88 Å². The van der Waals surface area contributed by atoms with Gasteiger partial charge < -0.3 is 4.52 Å². The number of carbonyl (C=O) groups excluding carboxylic acids is 1. The van der Waals surface area contributed by atoms with Gasteiger partial charge in [0.25, 0.3) is 0 Å². The van der Waals surface area contributed by atoms with E-state index in [1.165, 1.54) is 17.3 Å². The number of nitrogens with one attached hydrogen (secondary N) is 1. The highest BCUT2D eigenvalue weighted by molar-refractivity contribution is 8.01. The topological polar surface area (TPSA) is 68.0 Å². The third kappa shape index (κ3) is 3.79. The molecule has 5 nitrogen and oxygen atoms in total. The van der Waals surface area contributed by atoms with E-state index in [0.29, 0.717) is 11.6 Å². The fourth-order valence-electron chi connectivity index (χ4n) is 2.41. The molecular weight excluding hydrogens is 366 g/mol. The maximum atomic E-state index is 12.1. The van der Waals surface area contributed by atoms with Crippen molar-refractivity contribution in [2.24, 2.45) is 0 Å². The number of para-hydroxylation sites is 1. The number of benzene rings is 2. The van der Waals surface area contributed by atoms with E-state index in [4.69, 9.17) is 4.52 Å². The molecule has 0 aliphatic rings. The number of aryl methyl sites for hydroxylation is 1. The zero-order valence-corrected chi connectivity index (χ0v) is 15.6. The summed E-state index contributed by atoms with van der Waals surface area (Å²) in [5.41, 5.74) is 3.78. The highest BCUT2D eigenvalue weighted by Crippen LogP contribution is 2.29. The first-order valence-electron chi connectivity index (χ1n) is 7.99. The molecule has 4 aromatic rings. The molecule has 2 heterocycles. The lowest BCUT2D eigenvalue weighted by atomic mass is 10.1. The van der Waals surface area contributed by atoms with E-state index in [-0.39, 0.29) is 11.7 Å². The number of thiazole rings is 1. The van der Waals surface area contributed by atoms with Crippen molar-refractivity contribution in [1.29, 1.82) is 0 Å². The smallest absolute Gasteiger partial charge is 0.237 e. The van der Waals surface area contributed by atoms with Gasteiger partial charge in [0.15, 0.2) is 4.34 Å². The van der Waals surface area contributed by atoms with Crippen LogP contribution >= 0.6 is 23.1 Å². The molecule has 0 aliphatic heterocycles. The van der Waals surface area contributed by atoms with Crippen molar-refractivity contribution in [3.63, 3.8) is 0 Å². The molecule has 1 amide bonds. The summed E-state index contributed by atoms with van der Waals surface area (Å²) in [6.45, 7) is 2.03. The molecule has 2 aromatic carbocycles. The Hall–Kier alpha value is -2.64. The van der Waals surface area contributed by atoms with Gasteiger partial charge in [0.05, 0.1) is 16.0 Å². The highest BCUT2D eigenvalue weighted by atomic mass is 32.2. The molecule has 0 fully saturated rings. The number of carbonyl (C=O) groups is 1. The molecule has 0 bridgehead atoms. The summed E-state index contributed by atoms with van der Waals surface area (Å²) in [5.74, 6) is 0.455. The van der Waals surface area contributed by atoms with Crippen molar-refractivity contribution in [2.75, 3.05) is 11.1 Å². The van der Waals surface area contributed by atoms with Crippen molar-refractivity contribution in [3.8, 4) is 11.3 Å². The van der Waals surface area contributed by atoms with Crippen LogP contribution in [0.25, 0.3) is 21.5 Å². The normalized spacial score (nSPS) is 11.0. The molecule has 0 saturated heterocycles. The molecule has 2 aromatic heterocycles. The van der Waals surface area contributed by atoms with Crippen molar-refractivity contribution in [3.05, 3.63) is 60.2 Å². The van der Waals surface area contributed by atoms with E-state index in [0.717, 1.165) is 20.1 Å². The van der Waals surface area contributed by atoms with Crippen LogP contribution in [0, 0.1) is 6.92 Å². The Labute approximate surface area is 158 Å². The molecule has 1 N–H and O–H groups in total. The standard InChI is InChI=1S/C19H15N3O2S2/c1-12-6-8-13(9-7-12)15-10-18(24-22-15)21-17(23)11-25-19-20-14-4-2-3-5-16(14)26-19/h2-10H,11H2,1H3,(H,21,23). The number of aromatic nitrogens is 2. The SMILES string of the molecule is Cc1ccc(-c2cc(NC(=O)CSc3nc4ccccc4s3)on2)cc1. The van der Waals surface area contributed by atoms with Crippen LogP contribution in [0.1, 0.15) is 5.56 Å². The number of hydrogen-bond acceptors (Lipinski definition) is 6. The maximum Gasteiger partial charge on any atom is 0.237 e. The lowest BCUT2D eigenvalue weighted by Gasteiger charge is -1.98. The summed E-state index contributed by atoms with van der Waals surface area (Å²) in [5, 5.41) is 6.74. The summed E-state index contributed by atoms with van der Waals surface area (Å²) >= 11 is 3.00. The van der Waals surface area contributed by atoms with Gasteiger partial charge in [0, 0.05) is 11.6 Å². The Morgan fingerprint density at radius 3 is 2.81 bits per heavy atom. The number of fused-ring (bicyclic) bond motifs is 1. The van der Waals surface area contributed by atoms with Crippen molar-refractivity contribution in [2.45, 2.75) is 11.3 Å². The quantitative estimate of drug-likeness (QED) is 0.493. The molecule has 0 saturated carbocycles. The first kappa shape index (κ1) is 16.8. The Morgan fingerprint density at radius 2 is 2.00 bits per heavy atom. The van der Waals surface area contributed by atoms with Crippen LogP contribution in [0.3, 0.4) is 0 Å². The summed E-state index contributed by atoms with van der Waals surface area (Å²) < 4.78 is 7.21. The number of amides is 1. The summed E-state index contributed by atoms with van der Waals surface area (Å²) in [6, 6.07) is 17.6. The average molecular weight is 381 g/mol. The second-order valence-corrected chi connectivity index (χ2v) is 7.98. The minimum atomic E-state index is -0.152. The van der Waals surface area contributed by atoms with Gasteiger partial charge in [-0.05, 0) is 19.1 Å². The van der Waals surface area contributed by atoms with E-state index in [9.17, 15) is 4.79 Å². The largest absolute Gasteiger partial charge is 0.338 e. The van der Waals surface area contributed by atoms with E-state index < -0.39 is 0 Å². The minimum Gasteiger partial charge on any atom is -0.338 e. The summed E-state index contributed by atoms with van der Waals surface area (Å²) in [7, 11) is 0. The van der Waals surface area contributed by atoms with Crippen LogP contribution in [0.5, 0.6) is 0 Å². The van der Waals surface area contributed by atoms with Crippen LogP contribution in [0.2, 0.25) is 0 Å². The van der Waals surface area contributed by atoms with Gasteiger partial charge in [-0.3, -0.25) is 10.1 Å². The predicted molar refractivity (Wildman–Crippen MR) is 106 cm³/mol. The second-order valence-electron chi connectivity index (χ2n) is 5.73. The molecule has 7 heteroatoms. The van der Waals surface area contributed by atoms with Crippen molar-refractivity contribution in [1.82, 2.24) is 10.1 Å². The zero-order chi connectivity index (χ0) is 17.9. The molecule has 0 unspecified atom stereocenters. The molecule has 0 spiro atoms. The molecule has 0 aliphatic carbocycles. The van der Waals surface area contributed by atoms with Gasteiger partial charge >= 0.3 is 0 Å². The maximum absolute atomic E-state index is 12.1. The fourth-order valence-corrected chi connectivity index (χ4v) is 4.28. The molecule has 0 atom stereocenters. The van der Waals surface area contributed by atoms with Gasteiger partial charge in [-0.1, -0.05) is 58.9 Å². The Balaban J connectivity index is 1.36. The third-order valence-corrected chi connectivity index (χ3v) is 5.90. The second kappa shape index (κ2) is 7.31. The van der Waals surface area contributed by atoms with E-state index in [2.05, 4.69) is 15.5 Å². The molecule has 0 radical (unpaired) electrons. The number of thioether (sulfide) groups is 1. The predicted octanol–water partition coefficient (Wildman–Crippen LogP) is 4.99. The van der Waals surface area contributed by atoms with Crippen molar-refractivity contribution >= 4 is 45.1 Å². The number of nitrogens with zero attached hydrogens (tertiary/aromatic N) is 2. The zero-order valence-electron chi connectivity index (χ0n) is 13.9. The van der Waals surface area contributed by atoms with Gasteiger partial charge in [0.2, 0.25) is 11.8 Å². The van der Waals surface area contributed by atoms with E-state index in [1.807, 2.05) is 55.5 Å². The first-order valence-corrected chi connectivity index (χ1v) is 9.79.